The van der Waals surface area contributed by atoms with Crippen molar-refractivity contribution in [3.8, 4) is 6.07 Å². The van der Waals surface area contributed by atoms with Gasteiger partial charge in [-0.3, -0.25) is 4.98 Å². The molecule has 5 heteroatoms. The third kappa shape index (κ3) is 2.42. The van der Waals surface area contributed by atoms with E-state index in [1.807, 2.05) is 19.9 Å². The summed E-state index contributed by atoms with van der Waals surface area (Å²) in [5, 5.41) is 15.9. The predicted octanol–water partition coefficient (Wildman–Crippen LogP) is 2.17. The molecule has 0 radical (unpaired) electrons. The van der Waals surface area contributed by atoms with Gasteiger partial charge in [-0.25, -0.2) is 0 Å². The maximum atomic E-state index is 9.08. The van der Waals surface area contributed by atoms with Gasteiger partial charge >= 0.3 is 0 Å². The Bertz CT molecular complexity index is 555. The van der Waals surface area contributed by atoms with Crippen LogP contribution in [0.1, 0.15) is 22.7 Å². The van der Waals surface area contributed by atoms with E-state index in [9.17, 15) is 0 Å². The molecule has 2 heterocycles. The van der Waals surface area contributed by atoms with Crippen molar-refractivity contribution >= 4 is 5.69 Å². The highest BCUT2D eigenvalue weighted by Crippen LogP contribution is 2.19. The Balaban J connectivity index is 2.23. The highest BCUT2D eigenvalue weighted by molar-refractivity contribution is 5.59. The van der Waals surface area contributed by atoms with E-state index in [-0.39, 0.29) is 0 Å². The van der Waals surface area contributed by atoms with Crippen LogP contribution in [0.2, 0.25) is 0 Å². The highest BCUT2D eigenvalue weighted by Gasteiger charge is 2.08. The first-order valence-electron chi connectivity index (χ1n) is 5.22. The van der Waals surface area contributed by atoms with Gasteiger partial charge in [-0.2, -0.15) is 5.26 Å². The molecular formula is C12H12N4O. The van der Waals surface area contributed by atoms with Crippen molar-refractivity contribution in [2.24, 2.45) is 0 Å². The minimum absolute atomic E-state index is 0.498. The van der Waals surface area contributed by atoms with Crippen LogP contribution in [0.25, 0.3) is 0 Å². The number of hydrogen-bond donors (Lipinski definition) is 1. The van der Waals surface area contributed by atoms with Crippen molar-refractivity contribution in [2.75, 3.05) is 5.32 Å². The zero-order valence-corrected chi connectivity index (χ0v) is 9.69. The molecule has 0 saturated carbocycles. The van der Waals surface area contributed by atoms with E-state index in [0.717, 1.165) is 22.8 Å². The Morgan fingerprint density at radius 1 is 1.47 bits per heavy atom. The van der Waals surface area contributed by atoms with Crippen LogP contribution in [-0.4, -0.2) is 10.1 Å². The van der Waals surface area contributed by atoms with E-state index in [0.29, 0.717) is 12.1 Å². The Morgan fingerprint density at radius 2 is 2.29 bits per heavy atom. The van der Waals surface area contributed by atoms with Crippen molar-refractivity contribution in [3.63, 3.8) is 0 Å². The van der Waals surface area contributed by atoms with Gasteiger partial charge in [-0.15, -0.1) is 0 Å². The predicted molar refractivity (Wildman–Crippen MR) is 62.3 cm³/mol. The topological polar surface area (TPSA) is 74.7 Å². The van der Waals surface area contributed by atoms with Gasteiger partial charge in [0.15, 0.2) is 5.76 Å². The summed E-state index contributed by atoms with van der Waals surface area (Å²) in [7, 11) is 0. The lowest BCUT2D eigenvalue weighted by Gasteiger charge is -2.09. The first kappa shape index (κ1) is 11.1. The highest BCUT2D eigenvalue weighted by atomic mass is 16.5. The third-order valence-electron chi connectivity index (χ3n) is 2.38. The van der Waals surface area contributed by atoms with Crippen LogP contribution >= 0.6 is 0 Å². The van der Waals surface area contributed by atoms with Crippen molar-refractivity contribution < 1.29 is 4.52 Å². The number of rotatable bonds is 3. The normalized spacial score (nSPS) is 9.94. The molecule has 1 N–H and O–H groups in total. The van der Waals surface area contributed by atoms with E-state index in [1.165, 1.54) is 0 Å². The van der Waals surface area contributed by atoms with Gasteiger partial charge in [0.25, 0.3) is 0 Å². The van der Waals surface area contributed by atoms with E-state index >= 15 is 0 Å². The molecule has 0 aliphatic carbocycles. The summed E-state index contributed by atoms with van der Waals surface area (Å²) in [4.78, 5) is 4.25. The molecule has 0 bridgehead atoms. The fourth-order valence-electron chi connectivity index (χ4n) is 1.62. The van der Waals surface area contributed by atoms with E-state index in [4.69, 9.17) is 9.78 Å². The zero-order valence-electron chi connectivity index (χ0n) is 9.69. The largest absolute Gasteiger partial charge is 0.377 e. The molecule has 2 aromatic rings. The first-order chi connectivity index (χ1) is 8.20. The van der Waals surface area contributed by atoms with Gasteiger partial charge in [-0.05, 0) is 19.9 Å². The Labute approximate surface area is 99.1 Å². The van der Waals surface area contributed by atoms with Gasteiger partial charge < -0.3 is 9.84 Å². The fraction of sp³-hybridized carbons (Fsp3) is 0.250. The van der Waals surface area contributed by atoms with Crippen LogP contribution in [0.3, 0.4) is 0 Å². The standard InChI is InChI=1S/C12H12N4O/c1-8-5-12(11(6-13)9(2)16-8)14-7-10-3-4-15-17-10/h3-5H,7H2,1-2H3,(H,14,16). The molecule has 0 spiro atoms. The number of hydrogen-bond acceptors (Lipinski definition) is 5. The van der Waals surface area contributed by atoms with Crippen LogP contribution < -0.4 is 5.32 Å². The molecule has 17 heavy (non-hydrogen) atoms. The summed E-state index contributed by atoms with van der Waals surface area (Å²) in [6.07, 6.45) is 1.59. The van der Waals surface area contributed by atoms with Crippen molar-refractivity contribution in [3.05, 3.63) is 41.0 Å². The molecule has 0 saturated heterocycles. The molecule has 2 aromatic heterocycles. The number of pyridine rings is 1. The second-order valence-corrected chi connectivity index (χ2v) is 3.72. The van der Waals surface area contributed by atoms with Crippen molar-refractivity contribution in [1.29, 1.82) is 5.26 Å². The SMILES string of the molecule is Cc1cc(NCc2ccno2)c(C#N)c(C)n1. The summed E-state index contributed by atoms with van der Waals surface area (Å²) >= 11 is 0. The van der Waals surface area contributed by atoms with Gasteiger partial charge in [0.2, 0.25) is 0 Å². The maximum absolute atomic E-state index is 9.08. The monoisotopic (exact) mass is 228 g/mol. The van der Waals surface area contributed by atoms with Gasteiger partial charge in [0.1, 0.15) is 6.07 Å². The molecule has 0 unspecified atom stereocenters. The number of anilines is 1. The third-order valence-corrected chi connectivity index (χ3v) is 2.38. The minimum Gasteiger partial charge on any atom is -0.377 e. The quantitative estimate of drug-likeness (QED) is 0.871. The van der Waals surface area contributed by atoms with Crippen molar-refractivity contribution in [2.45, 2.75) is 20.4 Å². The average molecular weight is 228 g/mol. The van der Waals surface area contributed by atoms with E-state index < -0.39 is 0 Å². The number of aromatic nitrogens is 2. The van der Waals surface area contributed by atoms with E-state index in [1.54, 1.807) is 12.3 Å². The summed E-state index contributed by atoms with van der Waals surface area (Å²) in [5.74, 6) is 0.723. The van der Waals surface area contributed by atoms with Gasteiger partial charge in [0, 0.05) is 11.8 Å². The Hall–Kier alpha value is -2.35. The molecular weight excluding hydrogens is 216 g/mol. The zero-order chi connectivity index (χ0) is 12.3. The summed E-state index contributed by atoms with van der Waals surface area (Å²) < 4.78 is 4.98. The molecule has 86 valence electrons. The summed E-state index contributed by atoms with van der Waals surface area (Å²) in [6.45, 7) is 4.22. The molecule has 0 atom stereocenters. The maximum Gasteiger partial charge on any atom is 0.155 e. The van der Waals surface area contributed by atoms with Crippen molar-refractivity contribution in [1.82, 2.24) is 10.1 Å². The average Bonchev–Trinajstić information content (AvgIpc) is 2.78. The Kier molecular flexibility index (Phi) is 3.06. The smallest absolute Gasteiger partial charge is 0.155 e. The molecule has 0 aromatic carbocycles. The number of nitriles is 1. The second-order valence-electron chi connectivity index (χ2n) is 3.72. The molecule has 0 fully saturated rings. The molecule has 2 rings (SSSR count). The molecule has 0 amide bonds. The van der Waals surface area contributed by atoms with E-state index in [2.05, 4.69) is 21.5 Å². The van der Waals surface area contributed by atoms with Crippen LogP contribution in [-0.2, 0) is 6.54 Å². The van der Waals surface area contributed by atoms with Gasteiger partial charge in [0.05, 0.1) is 29.7 Å². The van der Waals surface area contributed by atoms with Gasteiger partial charge in [-0.1, -0.05) is 5.16 Å². The summed E-state index contributed by atoms with van der Waals surface area (Å²) in [6, 6.07) is 5.78. The molecule has 0 aliphatic heterocycles. The van der Waals surface area contributed by atoms with Crippen LogP contribution in [0, 0.1) is 25.2 Å². The lowest BCUT2D eigenvalue weighted by Crippen LogP contribution is -2.03. The lowest BCUT2D eigenvalue weighted by atomic mass is 10.1. The summed E-state index contributed by atoms with van der Waals surface area (Å²) in [5.41, 5.74) is 2.94. The van der Waals surface area contributed by atoms with Crippen LogP contribution in [0.5, 0.6) is 0 Å². The first-order valence-corrected chi connectivity index (χ1v) is 5.22. The number of nitrogens with one attached hydrogen (secondary N) is 1. The lowest BCUT2D eigenvalue weighted by molar-refractivity contribution is 0.388. The second kappa shape index (κ2) is 4.66. The molecule has 5 nitrogen and oxygen atoms in total. The van der Waals surface area contributed by atoms with Crippen LogP contribution in [0.15, 0.2) is 22.9 Å². The minimum atomic E-state index is 0.498. The molecule has 0 aliphatic rings. The number of aryl methyl sites for hydroxylation is 2. The van der Waals surface area contributed by atoms with Crippen LogP contribution in [0.4, 0.5) is 5.69 Å². The fourth-order valence-corrected chi connectivity index (χ4v) is 1.62. The Morgan fingerprint density at radius 3 is 2.94 bits per heavy atom. The number of nitrogens with zero attached hydrogens (tertiary/aromatic N) is 3.